The van der Waals surface area contributed by atoms with Crippen LogP contribution in [0.1, 0.15) is 27.3 Å². The van der Waals surface area contributed by atoms with Gasteiger partial charge in [-0.3, -0.25) is 14.2 Å². The molecule has 0 fully saturated rings. The Labute approximate surface area is 165 Å². The lowest BCUT2D eigenvalue weighted by molar-refractivity contribution is -0.141. The van der Waals surface area contributed by atoms with Gasteiger partial charge in [0.15, 0.2) is 11.7 Å². The number of ether oxygens (including phenoxy) is 1. The van der Waals surface area contributed by atoms with E-state index in [0.29, 0.717) is 12.0 Å². The molecule has 138 valence electrons. The van der Waals surface area contributed by atoms with Crippen LogP contribution in [0.4, 0.5) is 0 Å². The first kappa shape index (κ1) is 18.0. The number of thioether (sulfide) groups is 1. The van der Waals surface area contributed by atoms with Crippen molar-refractivity contribution in [2.24, 2.45) is 0 Å². The molecule has 1 unspecified atom stereocenters. The van der Waals surface area contributed by atoms with Crippen LogP contribution in [0.3, 0.4) is 0 Å². The lowest BCUT2D eigenvalue weighted by Gasteiger charge is -2.09. The second kappa shape index (κ2) is 7.32. The second-order valence-corrected chi connectivity index (χ2v) is 8.50. The topological polar surface area (TPSA) is 61.2 Å². The smallest absolute Gasteiger partial charge is 0.320 e. The number of nitrogens with zero attached hydrogens (tertiary/aromatic N) is 2. The van der Waals surface area contributed by atoms with Crippen LogP contribution in [0.5, 0.6) is 0 Å². The predicted octanol–water partition coefficient (Wildman–Crippen LogP) is 3.99. The second-order valence-electron chi connectivity index (χ2n) is 6.38. The molecule has 7 heteroatoms. The van der Waals surface area contributed by atoms with Gasteiger partial charge in [0, 0.05) is 33.4 Å². The fraction of sp³-hybridized carbons (Fsp3) is 0.250. The van der Waals surface area contributed by atoms with Crippen molar-refractivity contribution in [3.63, 3.8) is 0 Å². The maximum absolute atomic E-state index is 12.6. The van der Waals surface area contributed by atoms with E-state index < -0.39 is 0 Å². The van der Waals surface area contributed by atoms with Gasteiger partial charge in [-0.15, -0.1) is 23.1 Å². The van der Waals surface area contributed by atoms with Crippen LogP contribution in [0, 0.1) is 13.8 Å². The van der Waals surface area contributed by atoms with Crippen LogP contribution >= 0.6 is 23.1 Å². The summed E-state index contributed by atoms with van der Waals surface area (Å²) in [5, 5.41) is 2.44. The lowest BCUT2D eigenvalue weighted by atomic mass is 10.1. The summed E-state index contributed by atoms with van der Waals surface area (Å²) in [4.78, 5) is 30.4. The van der Waals surface area contributed by atoms with Crippen LogP contribution in [-0.2, 0) is 16.0 Å². The summed E-state index contributed by atoms with van der Waals surface area (Å²) < 4.78 is 7.28. The number of ketones is 1. The predicted molar refractivity (Wildman–Crippen MR) is 106 cm³/mol. The minimum absolute atomic E-state index is 0.195. The van der Waals surface area contributed by atoms with E-state index in [0.717, 1.165) is 27.0 Å². The average molecular weight is 399 g/mol. The Hall–Kier alpha value is -2.38. The number of aryl methyl sites for hydroxylation is 1. The molecule has 0 amide bonds. The van der Waals surface area contributed by atoms with Crippen LogP contribution in [0.25, 0.3) is 5.13 Å². The number of hydrogen-bond donors (Lipinski definition) is 0. The molecule has 0 spiro atoms. The minimum atomic E-state index is -0.335. The van der Waals surface area contributed by atoms with Gasteiger partial charge in [-0.2, -0.15) is 0 Å². The molecule has 1 atom stereocenters. The van der Waals surface area contributed by atoms with Gasteiger partial charge in [-0.05, 0) is 38.0 Å². The van der Waals surface area contributed by atoms with Gasteiger partial charge < -0.3 is 4.74 Å². The number of fused-ring (bicyclic) bond motifs is 1. The summed E-state index contributed by atoms with van der Waals surface area (Å²) in [6.45, 7) is 3.57. The van der Waals surface area contributed by atoms with E-state index in [-0.39, 0.29) is 23.6 Å². The van der Waals surface area contributed by atoms with Crippen molar-refractivity contribution in [1.82, 2.24) is 9.55 Å². The van der Waals surface area contributed by atoms with Gasteiger partial charge in [0.25, 0.3) is 0 Å². The van der Waals surface area contributed by atoms with Gasteiger partial charge in [0.1, 0.15) is 5.25 Å². The normalized spacial score (nSPS) is 15.6. The van der Waals surface area contributed by atoms with Crippen molar-refractivity contribution in [2.75, 3.05) is 6.61 Å². The fourth-order valence-corrected chi connectivity index (χ4v) is 5.23. The molecule has 27 heavy (non-hydrogen) atoms. The lowest BCUT2D eigenvalue weighted by Crippen LogP contribution is -2.23. The first-order chi connectivity index (χ1) is 13.0. The standard InChI is InChI=1S/C20H18N2O3S2/c1-12-9-15(13(2)22(12)20-21-7-8-26-20)16(23)11-25-19(24)18-10-14-5-3-4-6-17(14)27-18/h3-9,18H,10-11H2,1-2H3. The van der Waals surface area contributed by atoms with Crippen molar-refractivity contribution in [3.8, 4) is 5.13 Å². The Bertz CT molecular complexity index is 983. The largest absolute Gasteiger partial charge is 0.456 e. The van der Waals surface area contributed by atoms with Gasteiger partial charge in [0.05, 0.1) is 0 Å². The monoisotopic (exact) mass is 398 g/mol. The summed E-state index contributed by atoms with van der Waals surface area (Å²) in [5.74, 6) is -0.530. The van der Waals surface area contributed by atoms with Crippen LogP contribution < -0.4 is 0 Å². The molecule has 0 aliphatic carbocycles. The summed E-state index contributed by atoms with van der Waals surface area (Å²) in [7, 11) is 0. The maximum Gasteiger partial charge on any atom is 0.320 e. The number of Topliss-reactive ketones (excluding diaryl/α,β-unsaturated/α-hetero) is 1. The van der Waals surface area contributed by atoms with Crippen molar-refractivity contribution in [1.29, 1.82) is 0 Å². The molecule has 0 saturated heterocycles. The molecule has 0 N–H and O–H groups in total. The number of aromatic nitrogens is 2. The minimum Gasteiger partial charge on any atom is -0.456 e. The zero-order chi connectivity index (χ0) is 19.0. The van der Waals surface area contributed by atoms with Crippen molar-refractivity contribution in [2.45, 2.75) is 30.4 Å². The molecular formula is C20H18N2O3S2. The third-order valence-electron chi connectivity index (χ3n) is 4.60. The number of rotatable bonds is 5. The highest BCUT2D eigenvalue weighted by Gasteiger charge is 2.30. The average Bonchev–Trinajstić information content (AvgIpc) is 3.38. The Morgan fingerprint density at radius 3 is 2.85 bits per heavy atom. The zero-order valence-electron chi connectivity index (χ0n) is 15.0. The highest BCUT2D eigenvalue weighted by molar-refractivity contribution is 8.01. The summed E-state index contributed by atoms with van der Waals surface area (Å²) in [6, 6.07) is 9.78. The van der Waals surface area contributed by atoms with E-state index in [1.165, 1.54) is 23.1 Å². The Morgan fingerprint density at radius 1 is 1.30 bits per heavy atom. The van der Waals surface area contributed by atoms with E-state index in [4.69, 9.17) is 4.74 Å². The van der Waals surface area contributed by atoms with E-state index in [1.54, 1.807) is 6.20 Å². The quantitative estimate of drug-likeness (QED) is 0.480. The van der Waals surface area contributed by atoms with Crippen molar-refractivity contribution < 1.29 is 14.3 Å². The van der Waals surface area contributed by atoms with Crippen molar-refractivity contribution in [3.05, 3.63) is 64.4 Å². The fourth-order valence-electron chi connectivity index (χ4n) is 3.29. The van der Waals surface area contributed by atoms with Crippen LogP contribution in [0.15, 0.2) is 46.8 Å². The molecule has 1 aliphatic heterocycles. The van der Waals surface area contributed by atoms with Gasteiger partial charge in [0.2, 0.25) is 5.78 Å². The highest BCUT2D eigenvalue weighted by Crippen LogP contribution is 2.37. The van der Waals surface area contributed by atoms with Crippen molar-refractivity contribution >= 4 is 34.9 Å². The molecule has 2 aromatic heterocycles. The Morgan fingerprint density at radius 2 is 2.11 bits per heavy atom. The molecule has 0 radical (unpaired) electrons. The molecule has 4 rings (SSSR count). The maximum atomic E-state index is 12.6. The molecule has 5 nitrogen and oxygen atoms in total. The number of benzene rings is 1. The summed E-state index contributed by atoms with van der Waals surface area (Å²) >= 11 is 3.01. The SMILES string of the molecule is Cc1cc(C(=O)COC(=O)C2Cc3ccccc3S2)c(C)n1-c1nccs1. The van der Waals surface area contributed by atoms with E-state index >= 15 is 0 Å². The molecule has 1 aromatic carbocycles. The third kappa shape index (κ3) is 3.44. The van der Waals surface area contributed by atoms with E-state index in [9.17, 15) is 9.59 Å². The number of carbonyl (C=O) groups excluding carboxylic acids is 2. The van der Waals surface area contributed by atoms with E-state index in [2.05, 4.69) is 4.98 Å². The third-order valence-corrected chi connectivity index (χ3v) is 6.65. The molecule has 0 bridgehead atoms. The number of carbonyl (C=O) groups is 2. The van der Waals surface area contributed by atoms with E-state index in [1.807, 2.05) is 54.1 Å². The number of hydrogen-bond acceptors (Lipinski definition) is 6. The number of esters is 1. The highest BCUT2D eigenvalue weighted by atomic mass is 32.2. The first-order valence-electron chi connectivity index (χ1n) is 8.58. The summed E-state index contributed by atoms with van der Waals surface area (Å²) in [5.41, 5.74) is 3.46. The van der Waals surface area contributed by atoms with Gasteiger partial charge in [-0.25, -0.2) is 4.98 Å². The van der Waals surface area contributed by atoms with Gasteiger partial charge >= 0.3 is 5.97 Å². The molecule has 1 aliphatic rings. The molecule has 0 saturated carbocycles. The molecular weight excluding hydrogens is 380 g/mol. The molecule has 3 heterocycles. The summed E-state index contributed by atoms with van der Waals surface area (Å²) in [6.07, 6.45) is 2.38. The van der Waals surface area contributed by atoms with Crippen LogP contribution in [-0.4, -0.2) is 33.2 Å². The molecule has 3 aromatic rings. The van der Waals surface area contributed by atoms with Crippen LogP contribution in [0.2, 0.25) is 0 Å². The number of thiazole rings is 1. The van der Waals surface area contributed by atoms with Gasteiger partial charge in [-0.1, -0.05) is 18.2 Å². The Balaban J connectivity index is 1.42. The Kier molecular flexibility index (Phi) is 4.88. The first-order valence-corrected chi connectivity index (χ1v) is 10.3. The zero-order valence-corrected chi connectivity index (χ0v) is 16.6.